The lowest BCUT2D eigenvalue weighted by Gasteiger charge is -2.24. The fourth-order valence-electron chi connectivity index (χ4n) is 0.604. The van der Waals surface area contributed by atoms with Crippen LogP contribution in [0.2, 0.25) is 0 Å². The Bertz CT molecular complexity index is 79.1. The molecule has 0 aromatic carbocycles. The van der Waals surface area contributed by atoms with E-state index in [1.54, 1.807) is 21.1 Å². The van der Waals surface area contributed by atoms with Crippen LogP contribution in [0.1, 0.15) is 6.92 Å². The molecule has 0 radical (unpaired) electrons. The molecule has 0 fully saturated rings. The third kappa shape index (κ3) is 2.92. The van der Waals surface area contributed by atoms with Crippen LogP contribution in [0.25, 0.3) is 0 Å². The molecule has 0 unspecified atom stereocenters. The Kier molecular flexibility index (Phi) is 3.30. The van der Waals surface area contributed by atoms with Crippen molar-refractivity contribution in [1.29, 1.82) is 0 Å². The lowest BCUT2D eigenvalue weighted by atomic mass is 10.6. The summed E-state index contributed by atoms with van der Waals surface area (Å²) in [6, 6.07) is 0. The fraction of sp³-hybridized carbons (Fsp3) is 1.00. The molecule has 4 N–H and O–H groups in total. The van der Waals surface area contributed by atoms with Crippen molar-refractivity contribution in [1.82, 2.24) is 0 Å². The summed E-state index contributed by atoms with van der Waals surface area (Å²) >= 11 is 0. The van der Waals surface area contributed by atoms with Crippen molar-refractivity contribution in [2.75, 3.05) is 14.2 Å². The first-order valence-electron chi connectivity index (χ1n) is 2.65. The van der Waals surface area contributed by atoms with Crippen molar-refractivity contribution in [3.05, 3.63) is 0 Å². The second-order valence-corrected chi connectivity index (χ2v) is 5.02. The molecule has 56 valence electrons. The van der Waals surface area contributed by atoms with Crippen LogP contribution in [-0.2, 0) is 8.85 Å². The summed E-state index contributed by atoms with van der Waals surface area (Å²) in [7, 11) is 1.28. The third-order valence-corrected chi connectivity index (χ3v) is 2.81. The molecule has 4 nitrogen and oxygen atoms in total. The summed E-state index contributed by atoms with van der Waals surface area (Å²) in [6.07, 6.45) is 0. The van der Waals surface area contributed by atoms with Gasteiger partial charge in [0.15, 0.2) is 0 Å². The van der Waals surface area contributed by atoms with E-state index in [1.165, 1.54) is 0 Å². The Hall–Kier alpha value is 0.0569. The van der Waals surface area contributed by atoms with E-state index in [0.717, 1.165) is 0 Å². The number of nitrogens with two attached hydrogens (primary N) is 2. The van der Waals surface area contributed by atoms with E-state index in [2.05, 4.69) is 0 Å². The lowest BCUT2D eigenvalue weighted by Crippen LogP contribution is -2.61. The van der Waals surface area contributed by atoms with Crippen molar-refractivity contribution in [3.8, 4) is 0 Å². The standard InChI is InChI=1S/C4H14N2O2Si/c1-4(5,6)9(7-2)8-3/h9H,5-6H2,1-3H3. The van der Waals surface area contributed by atoms with Crippen LogP contribution < -0.4 is 11.5 Å². The zero-order valence-electron chi connectivity index (χ0n) is 6.05. The molecule has 0 amide bonds. The summed E-state index contributed by atoms with van der Waals surface area (Å²) in [5, 5.41) is -0.788. The van der Waals surface area contributed by atoms with Crippen LogP contribution in [0.3, 0.4) is 0 Å². The summed E-state index contributed by atoms with van der Waals surface area (Å²) in [5.41, 5.74) is 11.0. The maximum absolute atomic E-state index is 5.49. The molecule has 0 aromatic heterocycles. The van der Waals surface area contributed by atoms with Gasteiger partial charge in [-0.05, 0) is 6.92 Å². The van der Waals surface area contributed by atoms with Crippen LogP contribution in [0.4, 0.5) is 0 Å². The summed E-state index contributed by atoms with van der Waals surface area (Å²) in [6.45, 7) is 1.69. The highest BCUT2D eigenvalue weighted by Crippen LogP contribution is 1.96. The summed E-state index contributed by atoms with van der Waals surface area (Å²) < 4.78 is 9.86. The molecule has 0 saturated carbocycles. The molecule has 9 heavy (non-hydrogen) atoms. The van der Waals surface area contributed by atoms with Crippen molar-refractivity contribution >= 4 is 9.28 Å². The Morgan fingerprint density at radius 3 is 1.56 bits per heavy atom. The van der Waals surface area contributed by atoms with Gasteiger partial charge >= 0.3 is 9.28 Å². The van der Waals surface area contributed by atoms with Gasteiger partial charge < -0.3 is 20.3 Å². The van der Waals surface area contributed by atoms with Gasteiger partial charge in [0, 0.05) is 14.2 Å². The third-order valence-electron chi connectivity index (χ3n) is 0.936. The monoisotopic (exact) mass is 150 g/mol. The van der Waals surface area contributed by atoms with Crippen LogP contribution in [0.15, 0.2) is 0 Å². The van der Waals surface area contributed by atoms with Crippen molar-refractivity contribution in [3.63, 3.8) is 0 Å². The first-order valence-corrected chi connectivity index (χ1v) is 4.17. The molecule has 0 heterocycles. The summed E-state index contributed by atoms with van der Waals surface area (Å²) in [5.74, 6) is 0. The fourth-order valence-corrected chi connectivity index (χ4v) is 1.81. The quantitative estimate of drug-likeness (QED) is 0.386. The van der Waals surface area contributed by atoms with Gasteiger partial charge in [0.1, 0.15) is 5.29 Å². The zero-order chi connectivity index (χ0) is 7.49. The van der Waals surface area contributed by atoms with E-state index in [4.69, 9.17) is 20.3 Å². The minimum Gasteiger partial charge on any atom is -0.398 e. The predicted octanol–water partition coefficient (Wildman–Crippen LogP) is -1.33. The highest BCUT2D eigenvalue weighted by molar-refractivity contribution is 6.48. The topological polar surface area (TPSA) is 70.5 Å². The van der Waals surface area contributed by atoms with Gasteiger partial charge in [-0.25, -0.2) is 0 Å². The number of hydrogen-bond acceptors (Lipinski definition) is 4. The van der Waals surface area contributed by atoms with Crippen molar-refractivity contribution < 1.29 is 8.85 Å². The highest BCUT2D eigenvalue weighted by atomic mass is 28.3. The molecule has 5 heteroatoms. The molecule has 0 aliphatic rings. The van der Waals surface area contributed by atoms with Crippen LogP contribution >= 0.6 is 0 Å². The van der Waals surface area contributed by atoms with E-state index in [-0.39, 0.29) is 0 Å². The summed E-state index contributed by atoms with van der Waals surface area (Å²) in [4.78, 5) is 0. The Morgan fingerprint density at radius 2 is 1.56 bits per heavy atom. The Labute approximate surface area is 57.0 Å². The Morgan fingerprint density at radius 1 is 1.22 bits per heavy atom. The average molecular weight is 150 g/mol. The second-order valence-electron chi connectivity index (χ2n) is 2.17. The van der Waals surface area contributed by atoms with E-state index in [1.807, 2.05) is 0 Å². The molecule has 0 aliphatic heterocycles. The Balaban J connectivity index is 3.79. The SMILES string of the molecule is CO[SiH](OC)C(C)(N)N. The smallest absolute Gasteiger partial charge is 0.356 e. The molecular formula is C4H14N2O2Si. The molecule has 0 bridgehead atoms. The maximum atomic E-state index is 5.49. The van der Waals surface area contributed by atoms with E-state index in [9.17, 15) is 0 Å². The van der Waals surface area contributed by atoms with Gasteiger partial charge in [0.05, 0.1) is 0 Å². The molecular weight excluding hydrogens is 136 g/mol. The minimum atomic E-state index is -1.82. The van der Waals surface area contributed by atoms with Gasteiger partial charge in [-0.1, -0.05) is 0 Å². The van der Waals surface area contributed by atoms with Gasteiger partial charge in [0.2, 0.25) is 0 Å². The van der Waals surface area contributed by atoms with Crippen LogP contribution in [-0.4, -0.2) is 28.8 Å². The zero-order valence-corrected chi connectivity index (χ0v) is 7.20. The lowest BCUT2D eigenvalue weighted by molar-refractivity contribution is 0.247. The molecule has 0 saturated heterocycles. The first-order chi connectivity index (χ1) is 4.02. The van der Waals surface area contributed by atoms with E-state index < -0.39 is 14.6 Å². The maximum Gasteiger partial charge on any atom is 0.356 e. The number of rotatable bonds is 3. The van der Waals surface area contributed by atoms with E-state index >= 15 is 0 Å². The normalized spacial score (nSPS) is 12.7. The largest absolute Gasteiger partial charge is 0.398 e. The molecule has 0 spiro atoms. The highest BCUT2D eigenvalue weighted by Gasteiger charge is 2.28. The predicted molar refractivity (Wildman–Crippen MR) is 37.9 cm³/mol. The molecule has 0 atom stereocenters. The molecule has 0 rings (SSSR count). The molecule has 0 aromatic rings. The van der Waals surface area contributed by atoms with Gasteiger partial charge in [-0.3, -0.25) is 0 Å². The average Bonchev–Trinajstić information content (AvgIpc) is 1.65. The van der Waals surface area contributed by atoms with Crippen molar-refractivity contribution in [2.45, 2.75) is 12.2 Å². The van der Waals surface area contributed by atoms with Gasteiger partial charge in [-0.15, -0.1) is 0 Å². The van der Waals surface area contributed by atoms with Crippen molar-refractivity contribution in [2.24, 2.45) is 11.5 Å². The second kappa shape index (κ2) is 3.28. The molecule has 0 aliphatic carbocycles. The van der Waals surface area contributed by atoms with Gasteiger partial charge in [0.25, 0.3) is 0 Å². The number of hydrogen-bond donors (Lipinski definition) is 2. The minimum absolute atomic E-state index is 0.788. The van der Waals surface area contributed by atoms with E-state index in [0.29, 0.717) is 0 Å². The van der Waals surface area contributed by atoms with Gasteiger partial charge in [-0.2, -0.15) is 0 Å². The first kappa shape index (κ1) is 9.06. The van der Waals surface area contributed by atoms with Crippen LogP contribution in [0, 0.1) is 0 Å². The van der Waals surface area contributed by atoms with Crippen LogP contribution in [0.5, 0.6) is 0 Å².